The summed E-state index contributed by atoms with van der Waals surface area (Å²) < 4.78 is 5.24. The smallest absolute Gasteiger partial charge is 0.241 e. The number of para-hydroxylation sites is 2. The van der Waals surface area contributed by atoms with E-state index in [1.165, 1.54) is 0 Å². The summed E-state index contributed by atoms with van der Waals surface area (Å²) >= 11 is 0. The van der Waals surface area contributed by atoms with Crippen molar-refractivity contribution in [3.8, 4) is 5.75 Å². The maximum atomic E-state index is 12.4. The van der Waals surface area contributed by atoms with Gasteiger partial charge in [-0.1, -0.05) is 12.1 Å². The van der Waals surface area contributed by atoms with Crippen molar-refractivity contribution in [3.05, 3.63) is 24.3 Å². The summed E-state index contributed by atoms with van der Waals surface area (Å²) in [5.74, 6) is 0.663. The lowest BCUT2D eigenvalue weighted by atomic mass is 10.2. The zero-order valence-corrected chi connectivity index (χ0v) is 13.3. The van der Waals surface area contributed by atoms with E-state index in [1.54, 1.807) is 18.9 Å². The fraction of sp³-hybridized carbons (Fsp3) is 0.500. The minimum absolute atomic E-state index is 0.0687. The summed E-state index contributed by atoms with van der Waals surface area (Å²) in [6.07, 6.45) is 0. The first-order chi connectivity index (χ1) is 10.5. The van der Waals surface area contributed by atoms with Gasteiger partial charge < -0.3 is 15.0 Å². The monoisotopic (exact) mass is 305 g/mol. The van der Waals surface area contributed by atoms with Gasteiger partial charge in [0.1, 0.15) is 5.75 Å². The van der Waals surface area contributed by atoms with E-state index in [2.05, 4.69) is 10.2 Å². The zero-order valence-electron chi connectivity index (χ0n) is 13.3. The molecule has 1 saturated heterocycles. The van der Waals surface area contributed by atoms with Crippen LogP contribution in [0.5, 0.6) is 5.75 Å². The van der Waals surface area contributed by atoms with E-state index in [0.717, 1.165) is 0 Å². The van der Waals surface area contributed by atoms with Crippen LogP contribution in [0.3, 0.4) is 0 Å². The zero-order chi connectivity index (χ0) is 16.1. The molecule has 0 unspecified atom stereocenters. The van der Waals surface area contributed by atoms with Crippen LogP contribution in [0.25, 0.3) is 0 Å². The van der Waals surface area contributed by atoms with Crippen molar-refractivity contribution < 1.29 is 14.3 Å². The molecule has 2 amide bonds. The molecule has 0 aliphatic carbocycles. The Labute approximate surface area is 131 Å². The molecule has 1 aromatic carbocycles. The van der Waals surface area contributed by atoms with Crippen LogP contribution in [-0.4, -0.2) is 60.9 Å². The molecule has 0 radical (unpaired) electrons. The summed E-state index contributed by atoms with van der Waals surface area (Å²) in [6, 6.07) is 7.09. The molecule has 1 atom stereocenters. The van der Waals surface area contributed by atoms with Crippen LogP contribution in [0.15, 0.2) is 24.3 Å². The van der Waals surface area contributed by atoms with Gasteiger partial charge in [0.25, 0.3) is 0 Å². The van der Waals surface area contributed by atoms with Crippen molar-refractivity contribution in [1.82, 2.24) is 9.80 Å². The first kappa shape index (κ1) is 16.3. The molecule has 6 heteroatoms. The number of carbonyl (C=O) groups excluding carboxylic acids is 2. The van der Waals surface area contributed by atoms with E-state index in [-0.39, 0.29) is 17.9 Å². The number of amides is 2. The molecule has 1 aromatic rings. The van der Waals surface area contributed by atoms with Crippen molar-refractivity contribution in [2.45, 2.75) is 19.9 Å². The maximum Gasteiger partial charge on any atom is 0.241 e. The Bertz CT molecular complexity index is 539. The summed E-state index contributed by atoms with van der Waals surface area (Å²) in [5.41, 5.74) is 0.671. The highest BCUT2D eigenvalue weighted by Crippen LogP contribution is 2.23. The second-order valence-electron chi connectivity index (χ2n) is 5.41. The van der Waals surface area contributed by atoms with Gasteiger partial charge in [-0.05, 0) is 19.1 Å². The van der Waals surface area contributed by atoms with Crippen molar-refractivity contribution in [2.75, 3.05) is 38.6 Å². The molecule has 22 heavy (non-hydrogen) atoms. The molecule has 0 saturated carbocycles. The molecule has 0 bridgehead atoms. The van der Waals surface area contributed by atoms with E-state index in [0.29, 0.717) is 37.6 Å². The number of hydrogen-bond acceptors (Lipinski definition) is 4. The largest absolute Gasteiger partial charge is 0.495 e. The van der Waals surface area contributed by atoms with Crippen LogP contribution < -0.4 is 10.1 Å². The van der Waals surface area contributed by atoms with Crippen molar-refractivity contribution in [1.29, 1.82) is 0 Å². The van der Waals surface area contributed by atoms with Crippen LogP contribution >= 0.6 is 0 Å². The van der Waals surface area contributed by atoms with Gasteiger partial charge >= 0.3 is 0 Å². The summed E-state index contributed by atoms with van der Waals surface area (Å²) in [6.45, 7) is 6.21. The molecule has 1 aliphatic heterocycles. The molecular weight excluding hydrogens is 282 g/mol. The molecule has 6 nitrogen and oxygen atoms in total. The number of carbonyl (C=O) groups is 2. The highest BCUT2D eigenvalue weighted by atomic mass is 16.5. The van der Waals surface area contributed by atoms with Gasteiger partial charge in [-0.15, -0.1) is 0 Å². The SMILES string of the molecule is COc1ccccc1NC(=O)[C@H](C)N1CCN(C(C)=O)CC1. The lowest BCUT2D eigenvalue weighted by Crippen LogP contribution is -2.53. The highest BCUT2D eigenvalue weighted by molar-refractivity contribution is 5.95. The Morgan fingerprint density at radius 3 is 2.41 bits per heavy atom. The number of rotatable bonds is 4. The van der Waals surface area contributed by atoms with Crippen molar-refractivity contribution in [3.63, 3.8) is 0 Å². The van der Waals surface area contributed by atoms with E-state index in [1.807, 2.05) is 31.2 Å². The molecule has 0 spiro atoms. The number of anilines is 1. The average Bonchev–Trinajstić information content (AvgIpc) is 2.54. The first-order valence-corrected chi connectivity index (χ1v) is 7.46. The first-order valence-electron chi connectivity index (χ1n) is 7.46. The average molecular weight is 305 g/mol. The Kier molecular flexibility index (Phi) is 5.38. The van der Waals surface area contributed by atoms with Crippen LogP contribution in [0.1, 0.15) is 13.8 Å². The fourth-order valence-electron chi connectivity index (χ4n) is 2.58. The van der Waals surface area contributed by atoms with Crippen molar-refractivity contribution >= 4 is 17.5 Å². The standard InChI is InChI=1S/C16H23N3O3/c1-12(18-8-10-19(11-9-18)13(2)20)16(21)17-14-6-4-5-7-15(14)22-3/h4-7,12H,8-11H2,1-3H3,(H,17,21)/t12-/m0/s1. The third kappa shape index (κ3) is 3.76. The minimum Gasteiger partial charge on any atom is -0.495 e. The third-order valence-corrected chi connectivity index (χ3v) is 4.05. The second-order valence-corrected chi connectivity index (χ2v) is 5.41. The Morgan fingerprint density at radius 1 is 1.18 bits per heavy atom. The van der Waals surface area contributed by atoms with Gasteiger partial charge in [0.05, 0.1) is 18.8 Å². The van der Waals surface area contributed by atoms with E-state index < -0.39 is 0 Å². The Hall–Kier alpha value is -2.08. The lowest BCUT2D eigenvalue weighted by molar-refractivity contribution is -0.131. The van der Waals surface area contributed by atoms with Crippen LogP contribution in [0.4, 0.5) is 5.69 Å². The van der Waals surface area contributed by atoms with Gasteiger partial charge in [0.15, 0.2) is 0 Å². The van der Waals surface area contributed by atoms with Gasteiger partial charge in [0.2, 0.25) is 11.8 Å². The molecule has 1 N–H and O–H groups in total. The number of methoxy groups -OCH3 is 1. The van der Waals surface area contributed by atoms with Crippen LogP contribution in [-0.2, 0) is 9.59 Å². The van der Waals surface area contributed by atoms with E-state index in [9.17, 15) is 9.59 Å². The number of nitrogens with zero attached hydrogens (tertiary/aromatic N) is 2. The van der Waals surface area contributed by atoms with Crippen molar-refractivity contribution in [2.24, 2.45) is 0 Å². The van der Waals surface area contributed by atoms with Gasteiger partial charge in [-0.3, -0.25) is 14.5 Å². The number of benzene rings is 1. The number of ether oxygens (including phenoxy) is 1. The maximum absolute atomic E-state index is 12.4. The predicted octanol–water partition coefficient (Wildman–Crippen LogP) is 1.19. The molecule has 120 valence electrons. The molecule has 1 fully saturated rings. The molecule has 1 aliphatic rings. The minimum atomic E-state index is -0.251. The molecule has 0 aromatic heterocycles. The Morgan fingerprint density at radius 2 is 1.82 bits per heavy atom. The molecular formula is C16H23N3O3. The third-order valence-electron chi connectivity index (χ3n) is 4.05. The fourth-order valence-corrected chi connectivity index (χ4v) is 2.58. The van der Waals surface area contributed by atoms with Crippen LogP contribution in [0.2, 0.25) is 0 Å². The highest BCUT2D eigenvalue weighted by Gasteiger charge is 2.26. The molecule has 2 rings (SSSR count). The predicted molar refractivity (Wildman–Crippen MR) is 84.9 cm³/mol. The van der Waals surface area contributed by atoms with Gasteiger partial charge in [-0.2, -0.15) is 0 Å². The lowest BCUT2D eigenvalue weighted by Gasteiger charge is -2.37. The number of hydrogen-bond donors (Lipinski definition) is 1. The summed E-state index contributed by atoms with van der Waals surface area (Å²) in [7, 11) is 1.58. The van der Waals surface area contributed by atoms with E-state index >= 15 is 0 Å². The Balaban J connectivity index is 1.94. The number of piperazine rings is 1. The quantitative estimate of drug-likeness (QED) is 0.907. The van der Waals surface area contributed by atoms with Crippen LogP contribution in [0, 0.1) is 0 Å². The normalized spacial score (nSPS) is 17.0. The summed E-state index contributed by atoms with van der Waals surface area (Å²) in [5, 5.41) is 2.91. The topological polar surface area (TPSA) is 61.9 Å². The second kappa shape index (κ2) is 7.26. The van der Waals surface area contributed by atoms with E-state index in [4.69, 9.17) is 4.74 Å². The van der Waals surface area contributed by atoms with Gasteiger partial charge in [0, 0.05) is 33.1 Å². The number of nitrogens with one attached hydrogen (secondary N) is 1. The summed E-state index contributed by atoms with van der Waals surface area (Å²) in [4.78, 5) is 27.6. The van der Waals surface area contributed by atoms with Gasteiger partial charge in [-0.25, -0.2) is 0 Å². The molecule has 1 heterocycles.